The highest BCUT2D eigenvalue weighted by Gasteiger charge is 2.32. The molecule has 144 valence electrons. The fourth-order valence-electron chi connectivity index (χ4n) is 3.09. The van der Waals surface area contributed by atoms with Crippen molar-refractivity contribution in [3.8, 4) is 0 Å². The molecule has 0 amide bonds. The van der Waals surface area contributed by atoms with Gasteiger partial charge in [-0.05, 0) is 32.1 Å². The second-order valence-corrected chi connectivity index (χ2v) is 8.37. The molecule has 0 aromatic rings. The van der Waals surface area contributed by atoms with Crippen LogP contribution in [0.15, 0.2) is 0 Å². The van der Waals surface area contributed by atoms with Crippen LogP contribution in [-0.2, 0) is 23.9 Å². The van der Waals surface area contributed by atoms with Gasteiger partial charge in [-0.1, -0.05) is 45.4 Å². The van der Waals surface area contributed by atoms with Crippen LogP contribution in [0.2, 0.25) is 0 Å². The molecule has 0 saturated heterocycles. The van der Waals surface area contributed by atoms with Gasteiger partial charge in [0.15, 0.2) is 0 Å². The molecule has 0 aromatic heterocycles. The minimum atomic E-state index is -3.82. The van der Waals surface area contributed by atoms with Crippen LogP contribution in [0.1, 0.15) is 77.6 Å². The van der Waals surface area contributed by atoms with Crippen LogP contribution in [0.5, 0.6) is 0 Å². The lowest BCUT2D eigenvalue weighted by atomic mass is 9.97. The highest BCUT2D eigenvalue weighted by molar-refractivity contribution is 7.87. The molecule has 1 aliphatic carbocycles. The SMILES string of the molecule is CCCCCCCCCOCCOC1CCC(S(=O)(=O)OO)CC1. The standard InChI is InChI=1S/C17H34O6S/c1-2-3-4-5-6-7-8-13-21-14-15-22-16-9-11-17(12-10-16)24(19,20)23-18/h16-18H,2-15H2,1H3. The van der Waals surface area contributed by atoms with E-state index in [0.717, 1.165) is 13.0 Å². The van der Waals surface area contributed by atoms with Gasteiger partial charge in [0.2, 0.25) is 0 Å². The summed E-state index contributed by atoms with van der Waals surface area (Å²) in [4.78, 5) is 0. The largest absolute Gasteiger partial charge is 0.379 e. The van der Waals surface area contributed by atoms with Gasteiger partial charge in [0.25, 0.3) is 10.1 Å². The lowest BCUT2D eigenvalue weighted by Gasteiger charge is -2.27. The molecule has 1 rings (SSSR count). The first-order valence-corrected chi connectivity index (χ1v) is 10.8. The molecule has 1 saturated carbocycles. The molecule has 0 unspecified atom stereocenters. The fourth-order valence-corrected chi connectivity index (χ4v) is 4.06. The smallest absolute Gasteiger partial charge is 0.296 e. The molecule has 0 spiro atoms. The Kier molecular flexibility index (Phi) is 11.9. The number of hydrogen-bond donors (Lipinski definition) is 1. The monoisotopic (exact) mass is 366 g/mol. The molecule has 0 aromatic carbocycles. The van der Waals surface area contributed by atoms with Crippen molar-refractivity contribution in [1.29, 1.82) is 0 Å². The van der Waals surface area contributed by atoms with E-state index in [9.17, 15) is 8.42 Å². The summed E-state index contributed by atoms with van der Waals surface area (Å²) < 4.78 is 37.7. The normalized spacial score (nSPS) is 21.9. The summed E-state index contributed by atoms with van der Waals surface area (Å²) in [7, 11) is -3.82. The Morgan fingerprint density at radius 3 is 2.12 bits per heavy atom. The van der Waals surface area contributed by atoms with E-state index in [0.29, 0.717) is 38.9 Å². The van der Waals surface area contributed by atoms with E-state index in [-0.39, 0.29) is 6.10 Å². The molecule has 1 aliphatic rings. The number of hydrogen-bond acceptors (Lipinski definition) is 6. The second kappa shape index (κ2) is 13.1. The van der Waals surface area contributed by atoms with Gasteiger partial charge in [-0.15, -0.1) is 4.33 Å². The quantitative estimate of drug-likeness (QED) is 0.285. The Morgan fingerprint density at radius 2 is 1.50 bits per heavy atom. The lowest BCUT2D eigenvalue weighted by Crippen LogP contribution is -2.31. The molecule has 24 heavy (non-hydrogen) atoms. The van der Waals surface area contributed by atoms with E-state index >= 15 is 0 Å². The maximum Gasteiger partial charge on any atom is 0.296 e. The molecule has 0 atom stereocenters. The van der Waals surface area contributed by atoms with Crippen LogP contribution >= 0.6 is 0 Å². The summed E-state index contributed by atoms with van der Waals surface area (Å²) in [6.07, 6.45) is 11.3. The zero-order chi connectivity index (χ0) is 17.7. The van der Waals surface area contributed by atoms with Crippen molar-refractivity contribution >= 4 is 10.1 Å². The average molecular weight is 367 g/mol. The van der Waals surface area contributed by atoms with E-state index in [1.807, 2.05) is 0 Å². The summed E-state index contributed by atoms with van der Waals surface area (Å²) in [6, 6.07) is 0. The lowest BCUT2D eigenvalue weighted by molar-refractivity contribution is -0.132. The van der Waals surface area contributed by atoms with Crippen LogP contribution in [-0.4, -0.2) is 44.8 Å². The van der Waals surface area contributed by atoms with E-state index in [2.05, 4.69) is 11.3 Å². The Bertz CT molecular complexity index is 390. The van der Waals surface area contributed by atoms with Gasteiger partial charge in [-0.2, -0.15) is 8.42 Å². The summed E-state index contributed by atoms with van der Waals surface area (Å²) in [6.45, 7) is 4.16. The summed E-state index contributed by atoms with van der Waals surface area (Å²) >= 11 is 0. The van der Waals surface area contributed by atoms with Crippen LogP contribution in [0.3, 0.4) is 0 Å². The van der Waals surface area contributed by atoms with Crippen molar-refractivity contribution < 1.29 is 27.5 Å². The van der Waals surface area contributed by atoms with Crippen LogP contribution < -0.4 is 0 Å². The third-order valence-corrected chi connectivity index (χ3v) is 6.10. The molecule has 0 bridgehead atoms. The predicted octanol–water partition coefficient (Wildman–Crippen LogP) is 3.90. The van der Waals surface area contributed by atoms with Crippen molar-refractivity contribution in [3.05, 3.63) is 0 Å². The summed E-state index contributed by atoms with van der Waals surface area (Å²) in [5.41, 5.74) is 0. The van der Waals surface area contributed by atoms with E-state index < -0.39 is 15.4 Å². The third-order valence-electron chi connectivity index (χ3n) is 4.61. The van der Waals surface area contributed by atoms with Gasteiger partial charge >= 0.3 is 0 Å². The number of rotatable bonds is 14. The van der Waals surface area contributed by atoms with Crippen LogP contribution in [0.4, 0.5) is 0 Å². The first kappa shape index (κ1) is 21.8. The van der Waals surface area contributed by atoms with E-state index in [4.69, 9.17) is 14.7 Å². The predicted molar refractivity (Wildman–Crippen MR) is 93.4 cm³/mol. The Hall–Kier alpha value is -0.210. The van der Waals surface area contributed by atoms with Gasteiger partial charge in [0.1, 0.15) is 0 Å². The maximum absolute atomic E-state index is 11.4. The minimum absolute atomic E-state index is 0.0808. The molecule has 0 aliphatic heterocycles. The molecular weight excluding hydrogens is 332 g/mol. The maximum atomic E-state index is 11.4. The molecule has 1 fully saturated rings. The van der Waals surface area contributed by atoms with Crippen molar-refractivity contribution in [2.75, 3.05) is 19.8 Å². The highest BCUT2D eigenvalue weighted by Crippen LogP contribution is 2.26. The Balaban J connectivity index is 1.91. The summed E-state index contributed by atoms with van der Waals surface area (Å²) in [5, 5.41) is 7.78. The van der Waals surface area contributed by atoms with Crippen molar-refractivity contribution in [1.82, 2.24) is 0 Å². The average Bonchev–Trinajstić information content (AvgIpc) is 2.60. The van der Waals surface area contributed by atoms with Gasteiger partial charge in [0, 0.05) is 6.61 Å². The Morgan fingerprint density at radius 1 is 0.875 bits per heavy atom. The minimum Gasteiger partial charge on any atom is -0.379 e. The topological polar surface area (TPSA) is 82.1 Å². The van der Waals surface area contributed by atoms with Gasteiger partial charge in [0.05, 0.1) is 24.6 Å². The highest BCUT2D eigenvalue weighted by atomic mass is 32.2. The van der Waals surface area contributed by atoms with Crippen LogP contribution in [0.25, 0.3) is 0 Å². The second-order valence-electron chi connectivity index (χ2n) is 6.57. The zero-order valence-corrected chi connectivity index (χ0v) is 15.8. The van der Waals surface area contributed by atoms with E-state index in [1.165, 1.54) is 38.5 Å². The van der Waals surface area contributed by atoms with Crippen LogP contribution in [0, 0.1) is 0 Å². The number of unbranched alkanes of at least 4 members (excludes halogenated alkanes) is 6. The molecule has 0 heterocycles. The molecule has 0 radical (unpaired) electrons. The number of ether oxygens (including phenoxy) is 2. The van der Waals surface area contributed by atoms with Crippen molar-refractivity contribution in [2.45, 2.75) is 88.9 Å². The van der Waals surface area contributed by atoms with Crippen molar-refractivity contribution in [2.24, 2.45) is 0 Å². The van der Waals surface area contributed by atoms with E-state index in [1.54, 1.807) is 0 Å². The molecular formula is C17H34O6S. The Labute approximate surface area is 146 Å². The fraction of sp³-hybridized carbons (Fsp3) is 1.00. The third kappa shape index (κ3) is 9.32. The molecule has 1 N–H and O–H groups in total. The molecule has 6 nitrogen and oxygen atoms in total. The van der Waals surface area contributed by atoms with Crippen molar-refractivity contribution in [3.63, 3.8) is 0 Å². The molecule has 7 heteroatoms. The van der Waals surface area contributed by atoms with Gasteiger partial charge in [-0.25, -0.2) is 5.26 Å². The van der Waals surface area contributed by atoms with Gasteiger partial charge in [-0.3, -0.25) is 0 Å². The summed E-state index contributed by atoms with van der Waals surface area (Å²) in [5.74, 6) is 0. The first-order valence-electron chi connectivity index (χ1n) is 9.36. The first-order chi connectivity index (χ1) is 11.6. The van der Waals surface area contributed by atoms with Gasteiger partial charge < -0.3 is 9.47 Å². The zero-order valence-electron chi connectivity index (χ0n) is 15.0.